The molecular formula is C16H31B. The lowest BCUT2D eigenvalue weighted by Crippen LogP contribution is -2.28. The Morgan fingerprint density at radius 2 is 1.35 bits per heavy atom. The second kappa shape index (κ2) is 8.68. The van der Waals surface area contributed by atoms with Gasteiger partial charge in [0.1, 0.15) is 0 Å². The van der Waals surface area contributed by atoms with Gasteiger partial charge in [0, 0.05) is 6.42 Å². The summed E-state index contributed by atoms with van der Waals surface area (Å²) in [5, 5.41) is 0. The third-order valence-corrected chi connectivity index (χ3v) is 4.16. The fourth-order valence-electron chi connectivity index (χ4n) is 2.03. The van der Waals surface area contributed by atoms with Crippen LogP contribution in [0, 0.1) is 23.6 Å². The Kier molecular flexibility index (Phi) is 8.49. The second-order valence-electron chi connectivity index (χ2n) is 6.16. The summed E-state index contributed by atoms with van der Waals surface area (Å²) in [7, 11) is 0. The molecule has 0 saturated heterocycles. The van der Waals surface area contributed by atoms with Gasteiger partial charge in [-0.25, -0.2) is 0 Å². The molecule has 0 spiro atoms. The average molecular weight is 234 g/mol. The molecule has 0 aromatic carbocycles. The van der Waals surface area contributed by atoms with Gasteiger partial charge in [-0.3, -0.25) is 0 Å². The van der Waals surface area contributed by atoms with Crippen LogP contribution < -0.4 is 0 Å². The molecule has 0 fully saturated rings. The Hall–Kier alpha value is -0.375. The summed E-state index contributed by atoms with van der Waals surface area (Å²) in [6, 6.07) is 0. The molecule has 0 aromatic rings. The average Bonchev–Trinajstić information content (AvgIpc) is 2.27. The van der Waals surface area contributed by atoms with Gasteiger partial charge in [0.05, 0.1) is 0 Å². The lowest BCUT2D eigenvalue weighted by Gasteiger charge is -2.27. The Morgan fingerprint density at radius 3 is 1.71 bits per heavy atom. The van der Waals surface area contributed by atoms with E-state index < -0.39 is 0 Å². The number of unbranched alkanes of at least 4 members (excludes halogenated alkanes) is 2. The summed E-state index contributed by atoms with van der Waals surface area (Å²) in [4.78, 5) is 0. The monoisotopic (exact) mass is 234 g/mol. The summed E-state index contributed by atoms with van der Waals surface area (Å²) >= 11 is 0. The zero-order chi connectivity index (χ0) is 13.4. The van der Waals surface area contributed by atoms with Crippen molar-refractivity contribution in [2.45, 2.75) is 79.4 Å². The minimum absolute atomic E-state index is 0.562. The summed E-state index contributed by atoms with van der Waals surface area (Å²) < 4.78 is 0. The van der Waals surface area contributed by atoms with Crippen molar-refractivity contribution in [1.29, 1.82) is 0 Å². The number of hydrogen-bond donors (Lipinski definition) is 0. The molecule has 17 heavy (non-hydrogen) atoms. The van der Waals surface area contributed by atoms with Gasteiger partial charge in [0.15, 0.2) is 0 Å². The summed E-state index contributed by atoms with van der Waals surface area (Å²) in [6.07, 6.45) is 3.56. The summed E-state index contributed by atoms with van der Waals surface area (Å²) in [5.41, 5.74) is 0. The van der Waals surface area contributed by atoms with Crippen molar-refractivity contribution in [3.8, 4) is 11.7 Å². The minimum atomic E-state index is 0.562. The molecule has 0 rings (SSSR count). The first-order valence-electron chi connectivity index (χ1n) is 7.40. The number of hydrogen-bond acceptors (Lipinski definition) is 0. The SMILES string of the molecule is CCCCC#CB([C@H](C)C(C)C)[C@H](C)C(C)C. The third-order valence-electron chi connectivity index (χ3n) is 4.16. The van der Waals surface area contributed by atoms with Gasteiger partial charge in [-0.2, -0.15) is 5.82 Å². The molecule has 0 nitrogen and oxygen atoms in total. The van der Waals surface area contributed by atoms with Crippen LogP contribution in [0.2, 0.25) is 11.6 Å². The second-order valence-corrected chi connectivity index (χ2v) is 6.16. The third kappa shape index (κ3) is 6.20. The Labute approximate surface area is 110 Å². The molecular weight excluding hydrogens is 203 g/mol. The summed E-state index contributed by atoms with van der Waals surface area (Å²) in [5.74, 6) is 9.81. The van der Waals surface area contributed by atoms with Crippen molar-refractivity contribution >= 4 is 6.71 Å². The smallest absolute Gasteiger partial charge is 0.155 e. The Balaban J connectivity index is 4.65. The number of rotatable bonds is 6. The van der Waals surface area contributed by atoms with Crippen LogP contribution in [0.4, 0.5) is 0 Å². The lowest BCUT2D eigenvalue weighted by molar-refractivity contribution is 0.568. The molecule has 0 N–H and O–H groups in total. The topological polar surface area (TPSA) is 0 Å². The maximum Gasteiger partial charge on any atom is 0.237 e. The first-order chi connectivity index (χ1) is 7.91. The van der Waals surface area contributed by atoms with Gasteiger partial charge in [0.2, 0.25) is 6.71 Å². The molecule has 0 aliphatic carbocycles. The standard InChI is InChI=1S/C16H31B/c1-8-9-10-11-12-17(15(6)13(2)3)16(7)14(4)5/h13-16H,8-10H2,1-7H3/t15-,16-/m1/s1. The van der Waals surface area contributed by atoms with E-state index in [1.807, 2.05) is 0 Å². The van der Waals surface area contributed by atoms with E-state index in [1.165, 1.54) is 12.8 Å². The molecule has 0 aromatic heterocycles. The highest BCUT2D eigenvalue weighted by atomic mass is 14.1. The van der Waals surface area contributed by atoms with E-state index in [2.05, 4.69) is 60.2 Å². The molecule has 0 bridgehead atoms. The predicted octanol–water partition coefficient (Wildman–Crippen LogP) is 5.31. The van der Waals surface area contributed by atoms with Crippen LogP contribution >= 0.6 is 0 Å². The quantitative estimate of drug-likeness (QED) is 0.332. The van der Waals surface area contributed by atoms with Crippen LogP contribution in [0.25, 0.3) is 0 Å². The molecule has 0 amide bonds. The molecule has 98 valence electrons. The van der Waals surface area contributed by atoms with Gasteiger partial charge >= 0.3 is 0 Å². The van der Waals surface area contributed by atoms with Crippen LogP contribution in [0.3, 0.4) is 0 Å². The normalized spacial score (nSPS) is 14.4. The predicted molar refractivity (Wildman–Crippen MR) is 81.6 cm³/mol. The molecule has 0 heterocycles. The van der Waals surface area contributed by atoms with Crippen molar-refractivity contribution in [1.82, 2.24) is 0 Å². The van der Waals surface area contributed by atoms with Gasteiger partial charge in [0.25, 0.3) is 0 Å². The highest BCUT2D eigenvalue weighted by Crippen LogP contribution is 2.31. The first-order valence-corrected chi connectivity index (χ1v) is 7.40. The molecule has 1 heteroatoms. The fourth-order valence-corrected chi connectivity index (χ4v) is 2.03. The van der Waals surface area contributed by atoms with Crippen LogP contribution in [0.15, 0.2) is 0 Å². The van der Waals surface area contributed by atoms with Crippen molar-refractivity contribution in [3.63, 3.8) is 0 Å². The van der Waals surface area contributed by atoms with E-state index in [9.17, 15) is 0 Å². The fraction of sp³-hybridized carbons (Fsp3) is 0.875. The van der Waals surface area contributed by atoms with Crippen molar-refractivity contribution in [2.75, 3.05) is 0 Å². The first kappa shape index (κ1) is 16.6. The van der Waals surface area contributed by atoms with Gasteiger partial charge in [-0.1, -0.05) is 78.4 Å². The highest BCUT2D eigenvalue weighted by molar-refractivity contribution is 6.70. The van der Waals surface area contributed by atoms with Crippen LogP contribution in [-0.2, 0) is 0 Å². The Bertz CT molecular complexity index is 230. The molecule has 0 unspecified atom stereocenters. The van der Waals surface area contributed by atoms with E-state index in [0.717, 1.165) is 18.3 Å². The molecule has 0 saturated carbocycles. The van der Waals surface area contributed by atoms with Crippen molar-refractivity contribution in [2.24, 2.45) is 11.8 Å². The van der Waals surface area contributed by atoms with E-state index in [0.29, 0.717) is 18.3 Å². The van der Waals surface area contributed by atoms with Gasteiger partial charge < -0.3 is 0 Å². The molecule has 0 aliphatic heterocycles. The largest absolute Gasteiger partial charge is 0.237 e. The minimum Gasteiger partial charge on any atom is -0.155 e. The lowest BCUT2D eigenvalue weighted by atomic mass is 9.32. The van der Waals surface area contributed by atoms with Crippen LogP contribution in [-0.4, -0.2) is 6.71 Å². The van der Waals surface area contributed by atoms with E-state index >= 15 is 0 Å². The van der Waals surface area contributed by atoms with E-state index in [-0.39, 0.29) is 0 Å². The highest BCUT2D eigenvalue weighted by Gasteiger charge is 2.30. The molecule has 0 aliphatic rings. The van der Waals surface area contributed by atoms with E-state index in [1.54, 1.807) is 0 Å². The molecule has 2 atom stereocenters. The van der Waals surface area contributed by atoms with Crippen LogP contribution in [0.1, 0.15) is 67.7 Å². The van der Waals surface area contributed by atoms with Crippen molar-refractivity contribution in [3.05, 3.63) is 0 Å². The van der Waals surface area contributed by atoms with E-state index in [4.69, 9.17) is 0 Å². The molecule has 0 radical (unpaired) electrons. The summed E-state index contributed by atoms with van der Waals surface area (Å²) in [6.45, 7) is 16.8. The Morgan fingerprint density at radius 1 is 0.882 bits per heavy atom. The zero-order valence-electron chi connectivity index (χ0n) is 13.0. The van der Waals surface area contributed by atoms with Gasteiger partial charge in [-0.05, 0) is 6.42 Å². The maximum absolute atomic E-state index is 3.57. The maximum atomic E-state index is 3.57. The van der Waals surface area contributed by atoms with Crippen LogP contribution in [0.5, 0.6) is 0 Å². The van der Waals surface area contributed by atoms with Crippen molar-refractivity contribution < 1.29 is 0 Å². The zero-order valence-corrected chi connectivity index (χ0v) is 13.0. The van der Waals surface area contributed by atoms with Gasteiger partial charge in [-0.15, -0.1) is 5.92 Å².